The van der Waals surface area contributed by atoms with Gasteiger partial charge in [-0.05, 0) is 49.2 Å². The molecule has 2 aromatic carbocycles. The number of hydrogen-bond acceptors (Lipinski definition) is 4. The second-order valence-corrected chi connectivity index (χ2v) is 8.03. The number of aryl methyl sites for hydroxylation is 1. The van der Waals surface area contributed by atoms with Crippen molar-refractivity contribution < 1.29 is 14.3 Å². The Hall–Kier alpha value is -2.83. The van der Waals surface area contributed by atoms with Gasteiger partial charge in [0.15, 0.2) is 0 Å². The number of fused-ring (bicyclic) bond motifs is 1. The molecule has 0 radical (unpaired) electrons. The van der Waals surface area contributed by atoms with Crippen molar-refractivity contribution in [2.45, 2.75) is 33.4 Å². The van der Waals surface area contributed by atoms with Crippen molar-refractivity contribution in [2.24, 2.45) is 0 Å². The lowest BCUT2D eigenvalue weighted by Crippen LogP contribution is -2.35. The Labute approximate surface area is 183 Å². The highest BCUT2D eigenvalue weighted by atomic mass is 16.5. The minimum Gasteiger partial charge on any atom is -0.497 e. The number of aromatic nitrogens is 1. The Kier molecular flexibility index (Phi) is 6.59. The third-order valence-electron chi connectivity index (χ3n) is 5.93. The van der Waals surface area contributed by atoms with E-state index in [0.717, 1.165) is 73.8 Å². The molecule has 6 heteroatoms. The van der Waals surface area contributed by atoms with E-state index in [1.54, 1.807) is 7.11 Å². The highest BCUT2D eigenvalue weighted by molar-refractivity contribution is 6.14. The zero-order valence-electron chi connectivity index (χ0n) is 18.6. The summed E-state index contributed by atoms with van der Waals surface area (Å²) < 4.78 is 13.0. The highest BCUT2D eigenvalue weighted by Crippen LogP contribution is 2.30. The van der Waals surface area contributed by atoms with Crippen molar-refractivity contribution in [1.29, 1.82) is 0 Å². The second-order valence-electron chi connectivity index (χ2n) is 8.03. The zero-order valence-corrected chi connectivity index (χ0v) is 18.6. The van der Waals surface area contributed by atoms with Gasteiger partial charge < -0.3 is 19.4 Å². The lowest BCUT2D eigenvalue weighted by Gasteiger charge is -2.26. The fourth-order valence-electron chi connectivity index (χ4n) is 4.29. The lowest BCUT2D eigenvalue weighted by atomic mass is 10.1. The standard InChI is InChI=1S/C25H31N3O3/c1-4-11-28-18(2)24(22-16-21(30-3)9-10-23(22)28)25(29)26-20-7-5-19(6-8-20)17-27-12-14-31-15-13-27/h5-10,16H,4,11-15,17H2,1-3H3,(H,26,29). The van der Waals surface area contributed by atoms with Crippen LogP contribution >= 0.6 is 0 Å². The van der Waals surface area contributed by atoms with E-state index in [9.17, 15) is 4.79 Å². The molecule has 1 aromatic heterocycles. The fraction of sp³-hybridized carbons (Fsp3) is 0.400. The minimum atomic E-state index is -0.0912. The van der Waals surface area contributed by atoms with Crippen LogP contribution < -0.4 is 10.1 Å². The van der Waals surface area contributed by atoms with Crippen molar-refractivity contribution in [3.05, 3.63) is 59.3 Å². The number of hydrogen-bond donors (Lipinski definition) is 1. The van der Waals surface area contributed by atoms with Gasteiger partial charge in [0.1, 0.15) is 5.75 Å². The zero-order chi connectivity index (χ0) is 21.8. The van der Waals surface area contributed by atoms with Gasteiger partial charge >= 0.3 is 0 Å². The van der Waals surface area contributed by atoms with Gasteiger partial charge in [-0.15, -0.1) is 0 Å². The summed E-state index contributed by atoms with van der Waals surface area (Å²) in [4.78, 5) is 15.7. The first-order valence-corrected chi connectivity index (χ1v) is 11.0. The predicted molar refractivity (Wildman–Crippen MR) is 124 cm³/mol. The third kappa shape index (κ3) is 4.60. The van der Waals surface area contributed by atoms with Crippen LogP contribution in [0.2, 0.25) is 0 Å². The summed E-state index contributed by atoms with van der Waals surface area (Å²) in [5.74, 6) is 0.661. The molecule has 1 amide bonds. The van der Waals surface area contributed by atoms with Crippen molar-refractivity contribution >= 4 is 22.5 Å². The van der Waals surface area contributed by atoms with E-state index in [1.165, 1.54) is 5.56 Å². The van der Waals surface area contributed by atoms with Crippen LogP contribution in [0.25, 0.3) is 10.9 Å². The Balaban J connectivity index is 1.55. The molecule has 0 aliphatic carbocycles. The van der Waals surface area contributed by atoms with E-state index in [4.69, 9.17) is 9.47 Å². The molecule has 0 unspecified atom stereocenters. The van der Waals surface area contributed by atoms with Gasteiger partial charge in [0.05, 0.1) is 25.9 Å². The number of ether oxygens (including phenoxy) is 2. The van der Waals surface area contributed by atoms with Crippen LogP contribution in [-0.2, 0) is 17.8 Å². The summed E-state index contributed by atoms with van der Waals surface area (Å²) in [5, 5.41) is 4.01. The summed E-state index contributed by atoms with van der Waals surface area (Å²) in [6.45, 7) is 9.45. The van der Waals surface area contributed by atoms with Gasteiger partial charge in [0.2, 0.25) is 0 Å². The predicted octanol–water partition coefficient (Wildman–Crippen LogP) is 4.45. The number of amides is 1. The smallest absolute Gasteiger partial charge is 0.258 e. The average molecular weight is 422 g/mol. The number of anilines is 1. The maximum absolute atomic E-state index is 13.3. The quantitative estimate of drug-likeness (QED) is 0.612. The molecule has 1 N–H and O–H groups in total. The van der Waals surface area contributed by atoms with Crippen LogP contribution in [-0.4, -0.2) is 48.8 Å². The molecule has 0 atom stereocenters. The van der Waals surface area contributed by atoms with E-state index < -0.39 is 0 Å². The topological polar surface area (TPSA) is 55.7 Å². The number of methoxy groups -OCH3 is 1. The van der Waals surface area contributed by atoms with Crippen LogP contribution in [0.3, 0.4) is 0 Å². The van der Waals surface area contributed by atoms with Crippen LogP contribution in [0.5, 0.6) is 5.75 Å². The number of carbonyl (C=O) groups is 1. The first kappa shape index (κ1) is 21.4. The van der Waals surface area contributed by atoms with Gasteiger partial charge in [0, 0.05) is 48.5 Å². The molecule has 2 heterocycles. The molecule has 31 heavy (non-hydrogen) atoms. The van der Waals surface area contributed by atoms with Gasteiger partial charge in [-0.3, -0.25) is 9.69 Å². The van der Waals surface area contributed by atoms with Crippen LogP contribution in [0.1, 0.15) is 35.0 Å². The van der Waals surface area contributed by atoms with Gasteiger partial charge in [0.25, 0.3) is 5.91 Å². The van der Waals surface area contributed by atoms with Crippen LogP contribution in [0.4, 0.5) is 5.69 Å². The molecule has 0 spiro atoms. The number of nitrogens with one attached hydrogen (secondary N) is 1. The Morgan fingerprint density at radius 1 is 1.13 bits per heavy atom. The fourth-order valence-corrected chi connectivity index (χ4v) is 4.29. The van der Waals surface area contributed by atoms with Crippen molar-refractivity contribution in [3.8, 4) is 5.75 Å². The minimum absolute atomic E-state index is 0.0912. The number of morpholine rings is 1. The lowest BCUT2D eigenvalue weighted by molar-refractivity contribution is 0.0342. The summed E-state index contributed by atoms with van der Waals surface area (Å²) in [5.41, 5.74) is 4.78. The number of benzene rings is 2. The van der Waals surface area contributed by atoms with Crippen molar-refractivity contribution in [1.82, 2.24) is 9.47 Å². The van der Waals surface area contributed by atoms with E-state index >= 15 is 0 Å². The number of nitrogens with zero attached hydrogens (tertiary/aromatic N) is 2. The van der Waals surface area contributed by atoms with Crippen LogP contribution in [0, 0.1) is 6.92 Å². The van der Waals surface area contributed by atoms with E-state index in [1.807, 2.05) is 37.3 Å². The SMILES string of the molecule is CCCn1c(C)c(C(=O)Nc2ccc(CN3CCOCC3)cc2)c2cc(OC)ccc21. The van der Waals surface area contributed by atoms with Crippen LogP contribution in [0.15, 0.2) is 42.5 Å². The number of carbonyl (C=O) groups excluding carboxylic acids is 1. The normalized spacial score (nSPS) is 14.7. The molecule has 3 aromatic rings. The van der Waals surface area contributed by atoms with Crippen molar-refractivity contribution in [3.63, 3.8) is 0 Å². The molecular weight excluding hydrogens is 390 g/mol. The molecule has 164 valence electrons. The summed E-state index contributed by atoms with van der Waals surface area (Å²) in [7, 11) is 1.65. The third-order valence-corrected chi connectivity index (χ3v) is 5.93. The largest absolute Gasteiger partial charge is 0.497 e. The molecule has 0 saturated carbocycles. The molecule has 4 rings (SSSR count). The van der Waals surface area contributed by atoms with E-state index in [-0.39, 0.29) is 5.91 Å². The second kappa shape index (κ2) is 9.54. The highest BCUT2D eigenvalue weighted by Gasteiger charge is 2.20. The molecule has 1 fully saturated rings. The summed E-state index contributed by atoms with van der Waals surface area (Å²) >= 11 is 0. The number of rotatable bonds is 7. The van der Waals surface area contributed by atoms with Gasteiger partial charge in [-0.2, -0.15) is 0 Å². The summed E-state index contributed by atoms with van der Waals surface area (Å²) in [6, 6.07) is 14.1. The Morgan fingerprint density at radius 3 is 2.55 bits per heavy atom. The van der Waals surface area contributed by atoms with Crippen molar-refractivity contribution in [2.75, 3.05) is 38.7 Å². The van der Waals surface area contributed by atoms with Gasteiger partial charge in [-0.1, -0.05) is 19.1 Å². The maximum Gasteiger partial charge on any atom is 0.258 e. The molecular formula is C25H31N3O3. The van der Waals surface area contributed by atoms with Gasteiger partial charge in [-0.25, -0.2) is 0 Å². The molecule has 1 aliphatic heterocycles. The Bertz CT molecular complexity index is 1050. The Morgan fingerprint density at radius 2 is 1.87 bits per heavy atom. The molecule has 1 saturated heterocycles. The molecule has 1 aliphatic rings. The summed E-state index contributed by atoms with van der Waals surface area (Å²) in [6.07, 6.45) is 1.00. The monoisotopic (exact) mass is 421 g/mol. The van der Waals surface area contributed by atoms with E-state index in [2.05, 4.69) is 33.8 Å². The first-order valence-electron chi connectivity index (χ1n) is 11.0. The molecule has 0 bridgehead atoms. The average Bonchev–Trinajstić information content (AvgIpc) is 3.06. The molecule has 6 nitrogen and oxygen atoms in total. The van der Waals surface area contributed by atoms with E-state index in [0.29, 0.717) is 5.56 Å². The maximum atomic E-state index is 13.3. The first-order chi connectivity index (χ1) is 15.1.